The van der Waals surface area contributed by atoms with Crippen LogP contribution in [-0.4, -0.2) is 0 Å². The first-order valence-corrected chi connectivity index (χ1v) is 7.61. The quantitative estimate of drug-likeness (QED) is 0.619. The predicted molar refractivity (Wildman–Crippen MR) is 89.5 cm³/mol. The molecule has 0 saturated carbocycles. The molecule has 0 bridgehead atoms. The summed E-state index contributed by atoms with van der Waals surface area (Å²) in [5.41, 5.74) is 8.32. The van der Waals surface area contributed by atoms with E-state index in [4.69, 9.17) is 0 Å². The van der Waals surface area contributed by atoms with Crippen molar-refractivity contribution in [2.24, 2.45) is 0 Å². The second kappa shape index (κ2) is 5.83. The fourth-order valence-electron chi connectivity index (χ4n) is 2.58. The maximum atomic E-state index is 2.37. The van der Waals surface area contributed by atoms with Gasteiger partial charge in [-0.2, -0.15) is 0 Å². The van der Waals surface area contributed by atoms with Gasteiger partial charge in [-0.1, -0.05) is 64.1 Å². The van der Waals surface area contributed by atoms with Crippen molar-refractivity contribution in [3.63, 3.8) is 0 Å². The molecule has 0 aliphatic heterocycles. The zero-order chi connectivity index (χ0) is 14.9. The van der Waals surface area contributed by atoms with E-state index in [2.05, 4.69) is 77.9 Å². The van der Waals surface area contributed by atoms with Crippen molar-refractivity contribution < 1.29 is 0 Å². The predicted octanol–water partition coefficient (Wildman–Crippen LogP) is 6.22. The van der Waals surface area contributed by atoms with E-state index in [-0.39, 0.29) is 0 Å². The zero-order valence-electron chi connectivity index (χ0n) is 13.6. The minimum Gasteiger partial charge on any atom is -0.0587 e. The second-order valence-corrected chi connectivity index (χ2v) is 6.46. The normalized spacial score (nSPS) is 11.4. The van der Waals surface area contributed by atoms with E-state index in [0.717, 1.165) is 0 Å². The molecule has 0 amide bonds. The molecule has 20 heavy (non-hydrogen) atoms. The minimum absolute atomic E-state index is 0.572. The minimum atomic E-state index is 0.572. The first-order chi connectivity index (χ1) is 9.40. The zero-order valence-corrected chi connectivity index (χ0v) is 13.6. The van der Waals surface area contributed by atoms with Gasteiger partial charge in [-0.15, -0.1) is 0 Å². The van der Waals surface area contributed by atoms with Crippen LogP contribution < -0.4 is 0 Å². The number of hydrogen-bond acceptors (Lipinski definition) is 0. The molecule has 2 rings (SSSR count). The van der Waals surface area contributed by atoms with Gasteiger partial charge in [-0.3, -0.25) is 0 Å². The Bertz CT molecular complexity index is 548. The van der Waals surface area contributed by atoms with Crippen LogP contribution in [0.15, 0.2) is 36.4 Å². The highest BCUT2D eigenvalue weighted by atomic mass is 14.1. The Morgan fingerprint density at radius 1 is 0.600 bits per heavy atom. The number of hydrogen-bond donors (Lipinski definition) is 0. The summed E-state index contributed by atoms with van der Waals surface area (Å²) in [5, 5.41) is 0. The smallest absolute Gasteiger partial charge is 0.0149 e. The Morgan fingerprint density at radius 3 is 1.25 bits per heavy atom. The summed E-state index contributed by atoms with van der Waals surface area (Å²) < 4.78 is 0. The standard InChI is InChI=1S/C20H26/c1-13(2)17-9-7-15(5)19(11-17)20-12-18(14(3)4)10-8-16(20)6/h7-14H,1-6H3. The van der Waals surface area contributed by atoms with Gasteiger partial charge in [0.05, 0.1) is 0 Å². The van der Waals surface area contributed by atoms with E-state index in [9.17, 15) is 0 Å². The lowest BCUT2D eigenvalue weighted by Gasteiger charge is -2.16. The van der Waals surface area contributed by atoms with Crippen LogP contribution in [0.2, 0.25) is 0 Å². The third kappa shape index (κ3) is 2.95. The van der Waals surface area contributed by atoms with E-state index >= 15 is 0 Å². The highest BCUT2D eigenvalue weighted by Gasteiger charge is 2.10. The molecule has 2 aromatic rings. The van der Waals surface area contributed by atoms with Crippen LogP contribution in [0.4, 0.5) is 0 Å². The summed E-state index contributed by atoms with van der Waals surface area (Å²) in [4.78, 5) is 0. The molecular formula is C20H26. The highest BCUT2D eigenvalue weighted by molar-refractivity contribution is 5.72. The summed E-state index contributed by atoms with van der Waals surface area (Å²) >= 11 is 0. The van der Waals surface area contributed by atoms with Crippen LogP contribution in [0.25, 0.3) is 11.1 Å². The monoisotopic (exact) mass is 266 g/mol. The molecule has 0 N–H and O–H groups in total. The molecule has 0 saturated heterocycles. The second-order valence-electron chi connectivity index (χ2n) is 6.46. The van der Waals surface area contributed by atoms with Crippen LogP contribution in [0, 0.1) is 13.8 Å². The molecule has 0 atom stereocenters. The third-order valence-corrected chi connectivity index (χ3v) is 4.15. The Balaban J connectivity index is 2.61. The molecule has 0 aromatic heterocycles. The average molecular weight is 266 g/mol. The van der Waals surface area contributed by atoms with Gasteiger partial charge >= 0.3 is 0 Å². The fraction of sp³-hybridized carbons (Fsp3) is 0.400. The average Bonchev–Trinajstić information content (AvgIpc) is 2.39. The molecule has 106 valence electrons. The van der Waals surface area contributed by atoms with Crippen molar-refractivity contribution >= 4 is 0 Å². The topological polar surface area (TPSA) is 0 Å². The van der Waals surface area contributed by atoms with Gasteiger partial charge in [0.25, 0.3) is 0 Å². The van der Waals surface area contributed by atoms with Gasteiger partial charge in [0, 0.05) is 0 Å². The molecule has 0 heterocycles. The molecule has 0 nitrogen and oxygen atoms in total. The lowest BCUT2D eigenvalue weighted by molar-refractivity contribution is 0.864. The molecule has 0 radical (unpaired) electrons. The van der Waals surface area contributed by atoms with Crippen molar-refractivity contribution in [3.05, 3.63) is 58.7 Å². The molecular weight excluding hydrogens is 240 g/mol. The summed E-state index contributed by atoms with van der Waals surface area (Å²) in [6, 6.07) is 13.8. The maximum Gasteiger partial charge on any atom is -0.0149 e. The Kier molecular flexibility index (Phi) is 4.32. The molecule has 0 heteroatoms. The Hall–Kier alpha value is -1.56. The van der Waals surface area contributed by atoms with E-state index in [0.29, 0.717) is 11.8 Å². The van der Waals surface area contributed by atoms with Gasteiger partial charge in [0.15, 0.2) is 0 Å². The van der Waals surface area contributed by atoms with Gasteiger partial charge < -0.3 is 0 Å². The van der Waals surface area contributed by atoms with Crippen LogP contribution in [0.5, 0.6) is 0 Å². The van der Waals surface area contributed by atoms with Crippen molar-refractivity contribution in [3.8, 4) is 11.1 Å². The molecule has 0 aliphatic rings. The van der Waals surface area contributed by atoms with Gasteiger partial charge in [-0.25, -0.2) is 0 Å². The van der Waals surface area contributed by atoms with Crippen molar-refractivity contribution in [2.45, 2.75) is 53.4 Å². The molecule has 0 unspecified atom stereocenters. The van der Waals surface area contributed by atoms with E-state index in [1.54, 1.807) is 0 Å². The van der Waals surface area contributed by atoms with Gasteiger partial charge in [-0.05, 0) is 59.1 Å². The highest BCUT2D eigenvalue weighted by Crippen LogP contribution is 2.32. The lowest BCUT2D eigenvalue weighted by atomic mass is 9.89. The van der Waals surface area contributed by atoms with Crippen molar-refractivity contribution in [1.82, 2.24) is 0 Å². The largest absolute Gasteiger partial charge is 0.0587 e. The number of rotatable bonds is 3. The van der Waals surface area contributed by atoms with E-state index < -0.39 is 0 Å². The molecule has 0 fully saturated rings. The first kappa shape index (κ1) is 14.8. The molecule has 0 aliphatic carbocycles. The summed E-state index contributed by atoms with van der Waals surface area (Å²) in [7, 11) is 0. The Labute approximate surface area is 123 Å². The summed E-state index contributed by atoms with van der Waals surface area (Å²) in [6.45, 7) is 13.4. The summed E-state index contributed by atoms with van der Waals surface area (Å²) in [6.07, 6.45) is 0. The van der Waals surface area contributed by atoms with Crippen LogP contribution >= 0.6 is 0 Å². The van der Waals surface area contributed by atoms with Gasteiger partial charge in [0.1, 0.15) is 0 Å². The number of aryl methyl sites for hydroxylation is 2. The molecule has 0 spiro atoms. The van der Waals surface area contributed by atoms with E-state index in [1.807, 2.05) is 0 Å². The SMILES string of the molecule is Cc1ccc(C(C)C)cc1-c1cc(C(C)C)ccc1C. The molecule has 2 aromatic carbocycles. The van der Waals surface area contributed by atoms with Gasteiger partial charge in [0.2, 0.25) is 0 Å². The fourth-order valence-corrected chi connectivity index (χ4v) is 2.58. The van der Waals surface area contributed by atoms with Crippen LogP contribution in [0.3, 0.4) is 0 Å². The third-order valence-electron chi connectivity index (χ3n) is 4.15. The van der Waals surface area contributed by atoms with Crippen molar-refractivity contribution in [2.75, 3.05) is 0 Å². The summed E-state index contributed by atoms with van der Waals surface area (Å²) in [5.74, 6) is 1.14. The lowest BCUT2D eigenvalue weighted by Crippen LogP contribution is -1.95. The van der Waals surface area contributed by atoms with Crippen LogP contribution in [0.1, 0.15) is 61.8 Å². The van der Waals surface area contributed by atoms with Crippen LogP contribution in [-0.2, 0) is 0 Å². The van der Waals surface area contributed by atoms with E-state index in [1.165, 1.54) is 33.4 Å². The maximum absolute atomic E-state index is 2.37. The number of benzene rings is 2. The Morgan fingerprint density at radius 2 is 0.950 bits per heavy atom. The van der Waals surface area contributed by atoms with Crippen molar-refractivity contribution in [1.29, 1.82) is 0 Å². The first-order valence-electron chi connectivity index (χ1n) is 7.61.